The molecular weight excluding hydrogens is 400 g/mol. The van der Waals surface area contributed by atoms with Gasteiger partial charge in [-0.15, -0.1) is 0 Å². The number of anilines is 1. The normalized spacial score (nSPS) is 10.7. The smallest absolute Gasteiger partial charge is 0.340 e. The minimum absolute atomic E-state index is 0.00520. The molecule has 0 bridgehead atoms. The van der Waals surface area contributed by atoms with Gasteiger partial charge in [0.2, 0.25) is 10.0 Å². The Balaban J connectivity index is 1.92. The summed E-state index contributed by atoms with van der Waals surface area (Å²) in [5, 5.41) is 2.62. The fraction of sp³-hybridized carbons (Fsp3) is 0.263. The van der Waals surface area contributed by atoms with Crippen molar-refractivity contribution < 1.29 is 32.2 Å². The van der Waals surface area contributed by atoms with E-state index in [9.17, 15) is 18.0 Å². The summed E-state index contributed by atoms with van der Waals surface area (Å²) >= 11 is 0. The first-order valence-electron chi connectivity index (χ1n) is 8.45. The van der Waals surface area contributed by atoms with Crippen molar-refractivity contribution in [2.75, 3.05) is 31.8 Å². The minimum atomic E-state index is -3.57. The number of methoxy groups -OCH3 is 2. The Hall–Kier alpha value is -3.27. The molecular formula is C19H22N2O7S. The van der Waals surface area contributed by atoms with Crippen LogP contribution >= 0.6 is 0 Å². The number of hydrogen-bond acceptors (Lipinski definition) is 7. The SMILES string of the molecule is COc1ccc(CNC(=O)COC(=O)c2ccccc2NS(C)(=O)=O)cc1OC. The van der Waals surface area contributed by atoms with Gasteiger partial charge in [-0.05, 0) is 29.8 Å². The Kier molecular flexibility index (Phi) is 7.43. The second-order valence-electron chi connectivity index (χ2n) is 5.96. The van der Waals surface area contributed by atoms with E-state index < -0.39 is 28.5 Å². The average Bonchev–Trinajstić information content (AvgIpc) is 2.69. The summed E-state index contributed by atoms with van der Waals surface area (Å²) in [5.41, 5.74) is 0.848. The molecule has 0 saturated heterocycles. The predicted octanol–water partition coefficient (Wildman–Crippen LogP) is 1.55. The molecule has 0 aliphatic heterocycles. The van der Waals surface area contributed by atoms with Crippen LogP contribution < -0.4 is 19.5 Å². The third-order valence-corrected chi connectivity index (χ3v) is 4.31. The summed E-state index contributed by atoms with van der Waals surface area (Å²) in [6.45, 7) is -0.317. The van der Waals surface area contributed by atoms with Gasteiger partial charge in [0.25, 0.3) is 5.91 Å². The second-order valence-corrected chi connectivity index (χ2v) is 7.71. The van der Waals surface area contributed by atoms with E-state index in [0.717, 1.165) is 11.8 Å². The molecule has 0 heterocycles. The van der Waals surface area contributed by atoms with Gasteiger partial charge in [0.1, 0.15) is 0 Å². The van der Waals surface area contributed by atoms with E-state index in [0.29, 0.717) is 11.5 Å². The third-order valence-electron chi connectivity index (χ3n) is 3.71. The van der Waals surface area contributed by atoms with Gasteiger partial charge < -0.3 is 19.5 Å². The predicted molar refractivity (Wildman–Crippen MR) is 107 cm³/mol. The van der Waals surface area contributed by atoms with Gasteiger partial charge in [-0.25, -0.2) is 13.2 Å². The molecule has 29 heavy (non-hydrogen) atoms. The summed E-state index contributed by atoms with van der Waals surface area (Å²) in [5.74, 6) is -0.238. The number of para-hydroxylation sites is 1. The van der Waals surface area contributed by atoms with Crippen molar-refractivity contribution in [2.24, 2.45) is 0 Å². The number of nitrogens with one attached hydrogen (secondary N) is 2. The first kappa shape index (κ1) is 22.0. The summed E-state index contributed by atoms with van der Waals surface area (Å²) in [6, 6.07) is 11.2. The Morgan fingerprint density at radius 3 is 2.34 bits per heavy atom. The maximum absolute atomic E-state index is 12.2. The summed E-state index contributed by atoms with van der Waals surface area (Å²) in [4.78, 5) is 24.2. The van der Waals surface area contributed by atoms with Gasteiger partial charge in [-0.3, -0.25) is 9.52 Å². The molecule has 2 N–H and O–H groups in total. The highest BCUT2D eigenvalue weighted by atomic mass is 32.2. The molecule has 0 unspecified atom stereocenters. The molecule has 0 atom stereocenters. The molecule has 1 amide bonds. The largest absolute Gasteiger partial charge is 0.493 e. The van der Waals surface area contributed by atoms with E-state index in [4.69, 9.17) is 14.2 Å². The van der Waals surface area contributed by atoms with Crippen LogP contribution in [0.2, 0.25) is 0 Å². The van der Waals surface area contributed by atoms with Crippen molar-refractivity contribution >= 4 is 27.6 Å². The lowest BCUT2D eigenvalue weighted by Crippen LogP contribution is -2.28. The highest BCUT2D eigenvalue weighted by Gasteiger charge is 2.16. The van der Waals surface area contributed by atoms with Crippen molar-refractivity contribution in [3.05, 3.63) is 53.6 Å². The second kappa shape index (κ2) is 9.78. The van der Waals surface area contributed by atoms with E-state index in [1.165, 1.54) is 26.4 Å². The summed E-state index contributed by atoms with van der Waals surface area (Å²) in [7, 11) is -0.536. The van der Waals surface area contributed by atoms with Gasteiger partial charge in [0.05, 0.1) is 31.7 Å². The number of amides is 1. The van der Waals surface area contributed by atoms with Gasteiger partial charge >= 0.3 is 5.97 Å². The van der Waals surface area contributed by atoms with Crippen LogP contribution in [-0.2, 0) is 26.1 Å². The Morgan fingerprint density at radius 2 is 1.69 bits per heavy atom. The Morgan fingerprint density at radius 1 is 1.00 bits per heavy atom. The maximum Gasteiger partial charge on any atom is 0.340 e. The Labute approximate surface area is 169 Å². The zero-order chi connectivity index (χ0) is 21.4. The molecule has 0 fully saturated rings. The van der Waals surface area contributed by atoms with E-state index in [1.807, 2.05) is 0 Å². The zero-order valence-electron chi connectivity index (χ0n) is 16.2. The van der Waals surface area contributed by atoms with Gasteiger partial charge in [0, 0.05) is 6.54 Å². The molecule has 0 spiro atoms. The average molecular weight is 422 g/mol. The van der Waals surface area contributed by atoms with Crippen molar-refractivity contribution in [1.29, 1.82) is 0 Å². The number of ether oxygens (including phenoxy) is 3. The third kappa shape index (κ3) is 6.68. The number of benzene rings is 2. The van der Waals surface area contributed by atoms with E-state index >= 15 is 0 Å². The first-order chi connectivity index (χ1) is 13.7. The van der Waals surface area contributed by atoms with Gasteiger partial charge in [-0.1, -0.05) is 18.2 Å². The van der Waals surface area contributed by atoms with Crippen LogP contribution in [0.15, 0.2) is 42.5 Å². The standard InChI is InChI=1S/C19H22N2O7S/c1-26-16-9-8-13(10-17(16)27-2)11-20-18(22)12-28-19(23)14-6-4-5-7-15(14)21-29(3,24)25/h4-10,21H,11-12H2,1-3H3,(H,20,22). The van der Waals surface area contributed by atoms with Gasteiger partial charge in [-0.2, -0.15) is 0 Å². The number of rotatable bonds is 9. The first-order valence-corrected chi connectivity index (χ1v) is 10.3. The zero-order valence-corrected chi connectivity index (χ0v) is 17.0. The lowest BCUT2D eigenvalue weighted by Gasteiger charge is -2.11. The van der Waals surface area contributed by atoms with Crippen molar-refractivity contribution in [2.45, 2.75) is 6.54 Å². The number of esters is 1. The van der Waals surface area contributed by atoms with Crippen LogP contribution in [0.25, 0.3) is 0 Å². The summed E-state index contributed by atoms with van der Waals surface area (Å²) < 4.78 is 40.4. The maximum atomic E-state index is 12.2. The lowest BCUT2D eigenvalue weighted by atomic mass is 10.2. The van der Waals surface area contributed by atoms with Crippen LogP contribution in [0.3, 0.4) is 0 Å². The molecule has 9 nitrogen and oxygen atoms in total. The minimum Gasteiger partial charge on any atom is -0.493 e. The number of carbonyl (C=O) groups excluding carboxylic acids is 2. The van der Waals surface area contributed by atoms with Crippen molar-refractivity contribution in [3.8, 4) is 11.5 Å². The number of hydrogen-bond donors (Lipinski definition) is 2. The van der Waals surface area contributed by atoms with E-state index in [2.05, 4.69) is 10.0 Å². The number of sulfonamides is 1. The molecule has 0 radical (unpaired) electrons. The van der Waals surface area contributed by atoms with Crippen LogP contribution in [0, 0.1) is 0 Å². The van der Waals surface area contributed by atoms with Gasteiger partial charge in [0.15, 0.2) is 18.1 Å². The highest BCUT2D eigenvalue weighted by Crippen LogP contribution is 2.27. The van der Waals surface area contributed by atoms with Crippen molar-refractivity contribution in [1.82, 2.24) is 5.32 Å². The molecule has 2 aromatic rings. The monoisotopic (exact) mass is 422 g/mol. The van der Waals surface area contributed by atoms with E-state index in [-0.39, 0.29) is 17.8 Å². The molecule has 156 valence electrons. The molecule has 0 aliphatic carbocycles. The Bertz CT molecular complexity index is 990. The topological polar surface area (TPSA) is 120 Å². The number of carbonyl (C=O) groups is 2. The molecule has 0 saturated carbocycles. The summed E-state index contributed by atoms with van der Waals surface area (Å²) in [6.07, 6.45) is 0.969. The van der Waals surface area contributed by atoms with Crippen LogP contribution in [-0.4, -0.2) is 47.4 Å². The molecule has 0 aliphatic rings. The lowest BCUT2D eigenvalue weighted by molar-refractivity contribution is -0.124. The van der Waals surface area contributed by atoms with Crippen LogP contribution in [0.1, 0.15) is 15.9 Å². The van der Waals surface area contributed by atoms with Crippen LogP contribution in [0.5, 0.6) is 11.5 Å². The van der Waals surface area contributed by atoms with Crippen molar-refractivity contribution in [3.63, 3.8) is 0 Å². The van der Waals surface area contributed by atoms with Crippen LogP contribution in [0.4, 0.5) is 5.69 Å². The molecule has 2 rings (SSSR count). The van der Waals surface area contributed by atoms with E-state index in [1.54, 1.807) is 30.3 Å². The fourth-order valence-corrected chi connectivity index (χ4v) is 2.98. The molecule has 10 heteroatoms. The molecule has 2 aromatic carbocycles. The highest BCUT2D eigenvalue weighted by molar-refractivity contribution is 7.92. The molecule has 0 aromatic heterocycles. The quantitative estimate of drug-likeness (QED) is 0.588. The fourth-order valence-electron chi connectivity index (χ4n) is 2.40.